The van der Waals surface area contributed by atoms with Gasteiger partial charge in [-0.1, -0.05) is 29.8 Å². The van der Waals surface area contributed by atoms with E-state index in [9.17, 15) is 4.79 Å². The molecule has 0 fully saturated rings. The third kappa shape index (κ3) is 3.70. The van der Waals surface area contributed by atoms with Crippen LogP contribution in [0.2, 0.25) is 5.02 Å². The smallest absolute Gasteiger partial charge is 0.250 e. The molecule has 0 radical (unpaired) electrons. The predicted molar refractivity (Wildman–Crippen MR) is 113 cm³/mol. The minimum absolute atomic E-state index is 0.159. The number of H-pyrrole nitrogens is 1. The fraction of sp³-hybridized carbons (Fsp3) is 0.0909. The van der Waals surface area contributed by atoms with Crippen molar-refractivity contribution >= 4 is 28.2 Å². The van der Waals surface area contributed by atoms with E-state index in [4.69, 9.17) is 16.3 Å². The fourth-order valence-corrected chi connectivity index (χ4v) is 3.40. The number of hydrogen-bond acceptors (Lipinski definition) is 4. The van der Waals surface area contributed by atoms with E-state index < -0.39 is 0 Å². The molecule has 2 N–H and O–H groups in total. The summed E-state index contributed by atoms with van der Waals surface area (Å²) >= 11 is 6.06. The summed E-state index contributed by atoms with van der Waals surface area (Å²) in [5.74, 6) is 0.555. The van der Waals surface area contributed by atoms with Crippen LogP contribution in [0.25, 0.3) is 22.0 Å². The Morgan fingerprint density at radius 1 is 1.11 bits per heavy atom. The van der Waals surface area contributed by atoms with Crippen molar-refractivity contribution in [1.82, 2.24) is 9.97 Å². The first-order valence-electron chi connectivity index (χ1n) is 8.79. The Morgan fingerprint density at radius 2 is 2.00 bits per heavy atom. The van der Waals surface area contributed by atoms with Crippen molar-refractivity contribution in [3.05, 3.63) is 87.8 Å². The molecule has 2 heterocycles. The molecule has 0 atom stereocenters. The summed E-state index contributed by atoms with van der Waals surface area (Å²) in [5, 5.41) is 4.94. The average molecular weight is 392 g/mol. The third-order valence-corrected chi connectivity index (χ3v) is 4.73. The van der Waals surface area contributed by atoms with Crippen molar-refractivity contribution in [2.45, 2.75) is 6.54 Å². The Labute approximate surface area is 167 Å². The Bertz CT molecular complexity index is 1200. The van der Waals surface area contributed by atoms with Crippen molar-refractivity contribution in [3.63, 3.8) is 0 Å². The molecule has 2 aromatic carbocycles. The highest BCUT2D eigenvalue weighted by molar-refractivity contribution is 6.30. The van der Waals surface area contributed by atoms with Crippen LogP contribution in [-0.4, -0.2) is 17.1 Å². The van der Waals surface area contributed by atoms with Gasteiger partial charge in [-0.3, -0.25) is 4.79 Å². The number of benzene rings is 2. The molecule has 0 unspecified atom stereocenters. The van der Waals surface area contributed by atoms with Gasteiger partial charge >= 0.3 is 0 Å². The lowest BCUT2D eigenvalue weighted by Gasteiger charge is -2.12. The molecule has 0 saturated heterocycles. The molecule has 0 bridgehead atoms. The highest BCUT2D eigenvalue weighted by Gasteiger charge is 2.10. The molecule has 4 rings (SSSR count). The lowest BCUT2D eigenvalue weighted by molar-refractivity contribution is 0.399. The van der Waals surface area contributed by atoms with E-state index in [-0.39, 0.29) is 5.56 Å². The van der Waals surface area contributed by atoms with Gasteiger partial charge in [-0.15, -0.1) is 0 Å². The Kier molecular flexibility index (Phi) is 5.00. The van der Waals surface area contributed by atoms with Gasteiger partial charge in [-0.05, 0) is 47.5 Å². The van der Waals surface area contributed by atoms with E-state index in [0.29, 0.717) is 17.4 Å². The van der Waals surface area contributed by atoms with Gasteiger partial charge in [-0.25, -0.2) is 4.98 Å². The first-order valence-corrected chi connectivity index (χ1v) is 9.16. The largest absolute Gasteiger partial charge is 0.481 e. The van der Waals surface area contributed by atoms with Gasteiger partial charge in [-0.2, -0.15) is 0 Å². The van der Waals surface area contributed by atoms with E-state index in [0.717, 1.165) is 33.3 Å². The van der Waals surface area contributed by atoms with E-state index in [2.05, 4.69) is 15.3 Å². The maximum absolute atomic E-state index is 12.1. The first kappa shape index (κ1) is 18.1. The van der Waals surface area contributed by atoms with Crippen LogP contribution in [0.3, 0.4) is 0 Å². The summed E-state index contributed by atoms with van der Waals surface area (Å²) in [7, 11) is 1.60. The van der Waals surface area contributed by atoms with Crippen molar-refractivity contribution in [2.24, 2.45) is 0 Å². The molecule has 6 heteroatoms. The molecular weight excluding hydrogens is 374 g/mol. The van der Waals surface area contributed by atoms with Crippen molar-refractivity contribution < 1.29 is 4.74 Å². The van der Waals surface area contributed by atoms with Crippen molar-refractivity contribution in [1.29, 1.82) is 0 Å². The van der Waals surface area contributed by atoms with Crippen LogP contribution < -0.4 is 15.6 Å². The second-order valence-corrected chi connectivity index (χ2v) is 6.79. The lowest BCUT2D eigenvalue weighted by Crippen LogP contribution is -2.08. The number of halogens is 1. The highest BCUT2D eigenvalue weighted by atomic mass is 35.5. The monoisotopic (exact) mass is 391 g/mol. The topological polar surface area (TPSA) is 67.0 Å². The van der Waals surface area contributed by atoms with Crippen LogP contribution >= 0.6 is 11.6 Å². The van der Waals surface area contributed by atoms with E-state index >= 15 is 0 Å². The quantitative estimate of drug-likeness (QED) is 0.509. The van der Waals surface area contributed by atoms with Gasteiger partial charge in [0.05, 0.1) is 12.6 Å². The summed E-state index contributed by atoms with van der Waals surface area (Å²) in [5.41, 5.74) is 4.23. The number of aromatic nitrogens is 2. The van der Waals surface area contributed by atoms with Gasteiger partial charge in [0.2, 0.25) is 11.4 Å². The zero-order valence-electron chi connectivity index (χ0n) is 15.2. The molecule has 5 nitrogen and oxygen atoms in total. The molecule has 0 aliphatic rings. The molecule has 0 aliphatic carbocycles. The number of methoxy groups -OCH3 is 1. The molecule has 0 amide bonds. The summed E-state index contributed by atoms with van der Waals surface area (Å²) < 4.78 is 5.38. The minimum Gasteiger partial charge on any atom is -0.481 e. The number of fused-ring (bicyclic) bond motifs is 1. The molecule has 28 heavy (non-hydrogen) atoms. The molecule has 140 valence electrons. The van der Waals surface area contributed by atoms with Gasteiger partial charge in [0, 0.05) is 40.5 Å². The van der Waals surface area contributed by atoms with Gasteiger partial charge in [0.15, 0.2) is 0 Å². The molecule has 4 aromatic rings. The van der Waals surface area contributed by atoms with Crippen LogP contribution in [0, 0.1) is 0 Å². The number of anilines is 1. The fourth-order valence-electron chi connectivity index (χ4n) is 3.18. The van der Waals surface area contributed by atoms with Gasteiger partial charge < -0.3 is 15.0 Å². The zero-order valence-corrected chi connectivity index (χ0v) is 16.0. The van der Waals surface area contributed by atoms with Gasteiger partial charge in [0.25, 0.3) is 0 Å². The molecule has 0 saturated carbocycles. The lowest BCUT2D eigenvalue weighted by atomic mass is 10.0. The number of nitrogens with one attached hydrogen (secondary N) is 2. The SMILES string of the molecule is COc1ncccc1-c1ccc2[nH]c(=O)cc(NCc3cccc(Cl)c3)c2c1. The number of aromatic amines is 1. The second kappa shape index (κ2) is 7.74. The standard InChI is InChI=1S/C22H18ClN3O2/c1-28-22-17(6-3-9-24-22)15-7-8-19-18(11-15)20(12-21(27)26-19)25-13-14-4-2-5-16(23)10-14/h2-12H,13H2,1H3,(H2,25,26,27). The van der Waals surface area contributed by atoms with E-state index in [1.165, 1.54) is 0 Å². The molecule has 2 aromatic heterocycles. The number of hydrogen-bond donors (Lipinski definition) is 2. The Hall–Kier alpha value is -3.31. The highest BCUT2D eigenvalue weighted by Crippen LogP contribution is 2.31. The number of pyridine rings is 2. The normalized spacial score (nSPS) is 10.8. The van der Waals surface area contributed by atoms with E-state index in [1.54, 1.807) is 19.4 Å². The Balaban J connectivity index is 1.76. The number of rotatable bonds is 5. The van der Waals surface area contributed by atoms with Gasteiger partial charge in [0.1, 0.15) is 0 Å². The predicted octanol–water partition coefficient (Wildman–Crippen LogP) is 4.86. The maximum Gasteiger partial charge on any atom is 0.250 e. The second-order valence-electron chi connectivity index (χ2n) is 6.35. The number of ether oxygens (including phenoxy) is 1. The summed E-state index contributed by atoms with van der Waals surface area (Å²) in [6.45, 7) is 0.555. The molecule has 0 spiro atoms. The van der Waals surface area contributed by atoms with Crippen LogP contribution in [0.15, 0.2) is 71.7 Å². The van der Waals surface area contributed by atoms with Crippen LogP contribution in [-0.2, 0) is 6.54 Å². The first-order chi connectivity index (χ1) is 13.6. The summed E-state index contributed by atoms with van der Waals surface area (Å²) in [6.07, 6.45) is 1.69. The number of nitrogens with zero attached hydrogens (tertiary/aromatic N) is 1. The minimum atomic E-state index is -0.159. The summed E-state index contributed by atoms with van der Waals surface area (Å²) in [4.78, 5) is 19.2. The van der Waals surface area contributed by atoms with Crippen LogP contribution in [0.5, 0.6) is 5.88 Å². The summed E-state index contributed by atoms with van der Waals surface area (Å²) in [6, 6.07) is 18.9. The Morgan fingerprint density at radius 3 is 2.82 bits per heavy atom. The van der Waals surface area contributed by atoms with Crippen LogP contribution in [0.4, 0.5) is 5.69 Å². The van der Waals surface area contributed by atoms with Crippen molar-refractivity contribution in [3.8, 4) is 17.0 Å². The van der Waals surface area contributed by atoms with Crippen LogP contribution in [0.1, 0.15) is 5.56 Å². The third-order valence-electron chi connectivity index (χ3n) is 4.49. The molecule has 0 aliphatic heterocycles. The molecular formula is C22H18ClN3O2. The average Bonchev–Trinajstić information content (AvgIpc) is 2.71. The van der Waals surface area contributed by atoms with E-state index in [1.807, 2.05) is 54.6 Å². The zero-order chi connectivity index (χ0) is 19.5. The maximum atomic E-state index is 12.1. The van der Waals surface area contributed by atoms with Crippen molar-refractivity contribution in [2.75, 3.05) is 12.4 Å².